The van der Waals surface area contributed by atoms with E-state index in [2.05, 4.69) is 66.1 Å². The molecule has 206 valence electrons. The third-order valence-corrected chi connectivity index (χ3v) is 7.76. The van der Waals surface area contributed by atoms with Gasteiger partial charge in [-0.25, -0.2) is 0 Å². The van der Waals surface area contributed by atoms with Crippen molar-refractivity contribution in [3.05, 3.63) is 86.5 Å². The summed E-state index contributed by atoms with van der Waals surface area (Å²) in [5.41, 5.74) is 11.0. The Kier molecular flexibility index (Phi) is 9.39. The van der Waals surface area contributed by atoms with Gasteiger partial charge in [0.15, 0.2) is 0 Å². The number of ether oxygens (including phenoxy) is 1. The molecule has 1 aromatic heterocycles. The largest absolute Gasteiger partial charge is 0.496 e. The molecule has 39 heavy (non-hydrogen) atoms. The van der Waals surface area contributed by atoms with Gasteiger partial charge in [0.2, 0.25) is 0 Å². The van der Waals surface area contributed by atoms with Gasteiger partial charge in [-0.3, -0.25) is 4.79 Å². The molecule has 4 rings (SSSR count). The lowest BCUT2D eigenvalue weighted by molar-refractivity contribution is 0.416. The highest BCUT2D eigenvalue weighted by Crippen LogP contribution is 2.38. The van der Waals surface area contributed by atoms with Crippen molar-refractivity contribution in [2.75, 3.05) is 13.7 Å². The summed E-state index contributed by atoms with van der Waals surface area (Å²) in [6.07, 6.45) is 11.5. The molecule has 0 unspecified atom stereocenters. The first-order valence-corrected chi connectivity index (χ1v) is 14.2. The number of unbranched alkanes of at least 4 members (excludes halogenated alkanes) is 1. The molecule has 0 atom stereocenters. The Morgan fingerprint density at radius 1 is 1.15 bits per heavy atom. The molecule has 1 aromatic carbocycles. The highest BCUT2D eigenvalue weighted by atomic mass is 16.5. The zero-order valence-corrected chi connectivity index (χ0v) is 24.2. The molecular formula is C33H42N4O2. The molecule has 0 bridgehead atoms. The summed E-state index contributed by atoms with van der Waals surface area (Å²) >= 11 is 0. The number of aromatic amines is 1. The van der Waals surface area contributed by atoms with Gasteiger partial charge < -0.3 is 15.0 Å². The van der Waals surface area contributed by atoms with Gasteiger partial charge in [-0.2, -0.15) is 10.2 Å². The van der Waals surface area contributed by atoms with Crippen LogP contribution in [0.25, 0.3) is 11.1 Å². The topological polar surface area (TPSA) is 78.8 Å². The van der Waals surface area contributed by atoms with E-state index < -0.39 is 0 Å². The lowest BCUT2D eigenvalue weighted by Gasteiger charge is -2.20. The number of aromatic nitrogens is 1. The second-order valence-electron chi connectivity index (χ2n) is 10.5. The second-order valence-corrected chi connectivity index (χ2v) is 10.5. The molecule has 2 aromatic rings. The Labute approximate surface area is 232 Å². The Morgan fingerprint density at radius 2 is 1.97 bits per heavy atom. The van der Waals surface area contributed by atoms with E-state index in [9.17, 15) is 4.79 Å². The molecule has 0 spiro atoms. The molecule has 0 saturated carbocycles. The minimum Gasteiger partial charge on any atom is -0.496 e. The van der Waals surface area contributed by atoms with Gasteiger partial charge in [-0.05, 0) is 68.7 Å². The van der Waals surface area contributed by atoms with E-state index in [1.165, 1.54) is 16.7 Å². The van der Waals surface area contributed by atoms with Gasteiger partial charge in [0.05, 0.1) is 24.1 Å². The zero-order chi connectivity index (χ0) is 27.9. The van der Waals surface area contributed by atoms with Crippen molar-refractivity contribution in [3.8, 4) is 16.9 Å². The Morgan fingerprint density at radius 3 is 2.69 bits per heavy atom. The van der Waals surface area contributed by atoms with Crippen molar-refractivity contribution in [3.63, 3.8) is 0 Å². The molecule has 2 aliphatic rings. The SMILES string of the molecule is C=C(CC1=NN=C(c2c(C)c(-c3c(CC)cccc3OC)c(CCCC)[nH]c2=O)C1)NCC1=C(C)CCC=C1. The van der Waals surface area contributed by atoms with Crippen LogP contribution in [-0.4, -0.2) is 30.1 Å². The van der Waals surface area contributed by atoms with Gasteiger partial charge in [0, 0.05) is 41.9 Å². The monoisotopic (exact) mass is 526 g/mol. The van der Waals surface area contributed by atoms with Gasteiger partial charge in [-0.15, -0.1) is 0 Å². The number of aryl methyl sites for hydroxylation is 2. The number of allylic oxidation sites excluding steroid dienone is 3. The number of methoxy groups -OCH3 is 1. The van der Waals surface area contributed by atoms with Crippen LogP contribution in [0.3, 0.4) is 0 Å². The van der Waals surface area contributed by atoms with Gasteiger partial charge in [0.25, 0.3) is 5.56 Å². The van der Waals surface area contributed by atoms with Gasteiger partial charge >= 0.3 is 0 Å². The zero-order valence-electron chi connectivity index (χ0n) is 24.2. The molecule has 6 heteroatoms. The summed E-state index contributed by atoms with van der Waals surface area (Å²) in [6.45, 7) is 13.5. The van der Waals surface area contributed by atoms with Crippen molar-refractivity contribution in [1.82, 2.24) is 10.3 Å². The predicted octanol–water partition coefficient (Wildman–Crippen LogP) is 6.97. The molecule has 1 aliphatic heterocycles. The number of nitrogens with zero attached hydrogens (tertiary/aromatic N) is 2. The lowest BCUT2D eigenvalue weighted by atomic mass is 9.87. The van der Waals surface area contributed by atoms with E-state index in [0.29, 0.717) is 24.1 Å². The summed E-state index contributed by atoms with van der Waals surface area (Å²) in [5.74, 6) is 0.819. The number of H-pyrrole nitrogens is 1. The fourth-order valence-electron chi connectivity index (χ4n) is 5.53. The summed E-state index contributed by atoms with van der Waals surface area (Å²) in [7, 11) is 1.70. The van der Waals surface area contributed by atoms with Crippen molar-refractivity contribution in [2.24, 2.45) is 10.2 Å². The molecule has 0 fully saturated rings. The molecule has 6 nitrogen and oxygen atoms in total. The number of nitrogens with one attached hydrogen (secondary N) is 2. The highest BCUT2D eigenvalue weighted by Gasteiger charge is 2.26. The maximum Gasteiger partial charge on any atom is 0.257 e. The van der Waals surface area contributed by atoms with Gasteiger partial charge in [-0.1, -0.05) is 56.7 Å². The highest BCUT2D eigenvalue weighted by molar-refractivity contribution is 6.16. The number of pyridine rings is 1. The van der Waals surface area contributed by atoms with Crippen LogP contribution >= 0.6 is 0 Å². The number of benzene rings is 1. The van der Waals surface area contributed by atoms with E-state index in [1.54, 1.807) is 7.11 Å². The third-order valence-electron chi connectivity index (χ3n) is 7.76. The van der Waals surface area contributed by atoms with Crippen molar-refractivity contribution in [2.45, 2.75) is 79.1 Å². The smallest absolute Gasteiger partial charge is 0.257 e. The first-order valence-electron chi connectivity index (χ1n) is 14.2. The molecule has 1 aliphatic carbocycles. The summed E-state index contributed by atoms with van der Waals surface area (Å²) in [5, 5.41) is 12.4. The minimum absolute atomic E-state index is 0.103. The maximum absolute atomic E-state index is 13.5. The first-order chi connectivity index (χ1) is 18.9. The molecule has 0 radical (unpaired) electrons. The Bertz CT molecular complexity index is 1400. The predicted molar refractivity (Wildman–Crippen MR) is 163 cm³/mol. The number of hydrogen-bond acceptors (Lipinski definition) is 5. The van der Waals surface area contributed by atoms with Crippen LogP contribution in [0.4, 0.5) is 0 Å². The summed E-state index contributed by atoms with van der Waals surface area (Å²) < 4.78 is 5.82. The number of rotatable bonds is 12. The molecule has 2 N–H and O–H groups in total. The normalized spacial score (nSPS) is 14.9. The van der Waals surface area contributed by atoms with Crippen LogP contribution in [-0.2, 0) is 12.8 Å². The fourth-order valence-corrected chi connectivity index (χ4v) is 5.53. The van der Waals surface area contributed by atoms with Gasteiger partial charge in [0.1, 0.15) is 5.75 Å². The standard InChI is InChI=1S/C33H42N4O2/c1-7-9-16-27-30(32-24(8-2)15-12-17-29(32)39-6)23(5)31(33(38)35-27)28-19-26(36-37-28)18-22(4)34-20-25-14-11-10-13-21(25)3/h11-12,14-15,17,34H,4,7-10,13,16,18-20H2,1-3,5-6H3,(H,35,38). The molecular weight excluding hydrogens is 484 g/mol. The molecule has 0 saturated heterocycles. The van der Waals surface area contributed by atoms with E-state index >= 15 is 0 Å². The Balaban J connectivity index is 1.60. The van der Waals surface area contributed by atoms with E-state index in [4.69, 9.17) is 4.74 Å². The summed E-state index contributed by atoms with van der Waals surface area (Å²) in [4.78, 5) is 16.7. The van der Waals surface area contributed by atoms with E-state index in [1.807, 2.05) is 19.1 Å². The van der Waals surface area contributed by atoms with Crippen molar-refractivity contribution >= 4 is 11.4 Å². The third kappa shape index (κ3) is 6.32. The van der Waals surface area contributed by atoms with E-state index in [-0.39, 0.29) is 5.56 Å². The Hall–Kier alpha value is -3.67. The van der Waals surface area contributed by atoms with Crippen LogP contribution in [0.5, 0.6) is 5.75 Å². The number of hydrogen-bond donors (Lipinski definition) is 2. The maximum atomic E-state index is 13.5. The quantitative estimate of drug-likeness (QED) is 0.313. The van der Waals surface area contributed by atoms with Crippen molar-refractivity contribution in [1.29, 1.82) is 0 Å². The average molecular weight is 527 g/mol. The molecule has 0 amide bonds. The van der Waals surface area contributed by atoms with Crippen LogP contribution in [0.2, 0.25) is 0 Å². The lowest BCUT2D eigenvalue weighted by Crippen LogP contribution is -2.24. The summed E-state index contributed by atoms with van der Waals surface area (Å²) in [6, 6.07) is 6.16. The first kappa shape index (κ1) is 28.3. The van der Waals surface area contributed by atoms with Crippen molar-refractivity contribution < 1.29 is 4.74 Å². The van der Waals surface area contributed by atoms with Crippen LogP contribution in [0.1, 0.15) is 81.7 Å². The molecule has 2 heterocycles. The van der Waals surface area contributed by atoms with E-state index in [0.717, 1.165) is 84.6 Å². The average Bonchev–Trinajstić information content (AvgIpc) is 3.38. The second kappa shape index (κ2) is 12.9. The van der Waals surface area contributed by atoms with Crippen LogP contribution < -0.4 is 15.6 Å². The van der Waals surface area contributed by atoms with Crippen LogP contribution in [0, 0.1) is 6.92 Å². The van der Waals surface area contributed by atoms with Crippen LogP contribution in [0.15, 0.2) is 68.8 Å². The fraction of sp³-hybridized carbons (Fsp3) is 0.424. The minimum atomic E-state index is -0.103.